The van der Waals surface area contributed by atoms with Crippen LogP contribution in [-0.2, 0) is 0 Å². The Morgan fingerprint density at radius 2 is 2.33 bits per heavy atom. The number of hydrazine groups is 1. The second kappa shape index (κ2) is 5.14. The molecule has 0 radical (unpaired) electrons. The highest BCUT2D eigenvalue weighted by Crippen LogP contribution is 2.24. The summed E-state index contributed by atoms with van der Waals surface area (Å²) in [7, 11) is 1.51. The number of thiocarbonyl (C=S) groups is 1. The molecule has 0 spiro atoms. The van der Waals surface area contributed by atoms with Gasteiger partial charge in [-0.15, -0.1) is 0 Å². The minimum absolute atomic E-state index is 0.276. The van der Waals surface area contributed by atoms with Crippen molar-refractivity contribution in [1.29, 1.82) is 5.26 Å². The Bertz CT molecular complexity index is 413. The van der Waals surface area contributed by atoms with Crippen molar-refractivity contribution in [1.82, 2.24) is 5.43 Å². The highest BCUT2D eigenvalue weighted by molar-refractivity contribution is 7.80. The van der Waals surface area contributed by atoms with Crippen molar-refractivity contribution < 1.29 is 4.74 Å². The zero-order valence-corrected chi connectivity index (χ0v) is 8.89. The van der Waals surface area contributed by atoms with Crippen molar-refractivity contribution in [3.8, 4) is 11.8 Å². The van der Waals surface area contributed by atoms with Gasteiger partial charge in [-0.1, -0.05) is 0 Å². The van der Waals surface area contributed by atoms with Crippen molar-refractivity contribution in [2.45, 2.75) is 0 Å². The molecule has 0 fully saturated rings. The number of hydrogen-bond acceptors (Lipinski definition) is 4. The van der Waals surface area contributed by atoms with Gasteiger partial charge in [0.2, 0.25) is 0 Å². The van der Waals surface area contributed by atoms with Crippen LogP contribution in [0.4, 0.5) is 5.69 Å². The van der Waals surface area contributed by atoms with E-state index >= 15 is 0 Å². The summed E-state index contributed by atoms with van der Waals surface area (Å²) in [5.74, 6) is 5.65. The third-order valence-corrected chi connectivity index (χ3v) is 1.93. The molecule has 6 heteroatoms. The highest BCUT2D eigenvalue weighted by atomic mass is 32.1. The zero-order chi connectivity index (χ0) is 11.3. The van der Waals surface area contributed by atoms with Crippen LogP contribution in [0.3, 0.4) is 0 Å². The van der Waals surface area contributed by atoms with Crippen LogP contribution in [-0.4, -0.2) is 12.2 Å². The van der Waals surface area contributed by atoms with Crippen LogP contribution >= 0.6 is 12.2 Å². The first-order valence-corrected chi connectivity index (χ1v) is 4.48. The lowest BCUT2D eigenvalue weighted by Crippen LogP contribution is -2.34. The summed E-state index contributed by atoms with van der Waals surface area (Å²) in [6.07, 6.45) is 0. The Labute approximate surface area is 92.8 Å². The smallest absolute Gasteiger partial charge is 0.185 e. The predicted molar refractivity (Wildman–Crippen MR) is 61.3 cm³/mol. The number of benzene rings is 1. The molecule has 0 aliphatic carbocycles. The molecule has 1 aromatic rings. The van der Waals surface area contributed by atoms with E-state index in [1.54, 1.807) is 18.2 Å². The normalized spacial score (nSPS) is 8.87. The van der Waals surface area contributed by atoms with E-state index in [2.05, 4.69) is 10.7 Å². The molecule has 4 N–H and O–H groups in total. The predicted octanol–water partition coefficient (Wildman–Crippen LogP) is 0.727. The lowest BCUT2D eigenvalue weighted by molar-refractivity contribution is 0.417. The lowest BCUT2D eigenvalue weighted by Gasteiger charge is -2.11. The van der Waals surface area contributed by atoms with Crippen molar-refractivity contribution in [2.24, 2.45) is 5.84 Å². The fourth-order valence-corrected chi connectivity index (χ4v) is 1.13. The fourth-order valence-electron chi connectivity index (χ4n) is 1.02. The average molecular weight is 222 g/mol. The molecule has 0 saturated carbocycles. The summed E-state index contributed by atoms with van der Waals surface area (Å²) in [5, 5.41) is 11.8. The van der Waals surface area contributed by atoms with Gasteiger partial charge in [-0.3, -0.25) is 0 Å². The van der Waals surface area contributed by atoms with E-state index in [-0.39, 0.29) is 5.11 Å². The molecule has 1 aromatic carbocycles. The lowest BCUT2D eigenvalue weighted by atomic mass is 10.2. The molecule has 15 heavy (non-hydrogen) atoms. The molecule has 0 atom stereocenters. The molecule has 0 unspecified atom stereocenters. The Kier molecular flexibility index (Phi) is 3.85. The number of hydrogen-bond donors (Lipinski definition) is 3. The van der Waals surface area contributed by atoms with Gasteiger partial charge in [0.1, 0.15) is 5.75 Å². The van der Waals surface area contributed by atoms with Crippen molar-refractivity contribution >= 4 is 23.0 Å². The number of nitriles is 1. The van der Waals surface area contributed by atoms with Crippen LogP contribution in [0.15, 0.2) is 18.2 Å². The van der Waals surface area contributed by atoms with E-state index in [9.17, 15) is 0 Å². The summed E-state index contributed by atoms with van der Waals surface area (Å²) < 4.78 is 5.09. The van der Waals surface area contributed by atoms with Gasteiger partial charge in [-0.05, 0) is 24.4 Å². The van der Waals surface area contributed by atoms with E-state index in [1.807, 2.05) is 6.07 Å². The van der Waals surface area contributed by atoms with Gasteiger partial charge in [0.15, 0.2) is 5.11 Å². The molecular formula is C9H10N4OS. The molecule has 0 saturated heterocycles. The number of rotatable bonds is 2. The van der Waals surface area contributed by atoms with Crippen LogP contribution in [0, 0.1) is 11.3 Å². The summed E-state index contributed by atoms with van der Waals surface area (Å²) in [5.41, 5.74) is 3.46. The van der Waals surface area contributed by atoms with Crippen molar-refractivity contribution in [3.05, 3.63) is 23.8 Å². The Balaban J connectivity index is 2.98. The number of nitrogens with two attached hydrogens (primary N) is 1. The van der Waals surface area contributed by atoms with Crippen LogP contribution in [0.1, 0.15) is 5.56 Å². The first kappa shape index (κ1) is 11.2. The first-order chi connectivity index (χ1) is 7.21. The average Bonchev–Trinajstić information content (AvgIpc) is 2.29. The molecule has 1 rings (SSSR count). The number of nitrogens with one attached hydrogen (secondary N) is 2. The van der Waals surface area contributed by atoms with Crippen LogP contribution in [0.25, 0.3) is 0 Å². The first-order valence-electron chi connectivity index (χ1n) is 4.07. The highest BCUT2D eigenvalue weighted by Gasteiger charge is 2.05. The van der Waals surface area contributed by atoms with Gasteiger partial charge < -0.3 is 15.5 Å². The van der Waals surface area contributed by atoms with Crippen LogP contribution in [0.5, 0.6) is 5.75 Å². The summed E-state index contributed by atoms with van der Waals surface area (Å²) in [6.45, 7) is 0. The quantitative estimate of drug-likeness (QED) is 0.388. The standard InChI is InChI=1S/C9H10N4OS/c1-14-8-4-6(5-10)2-3-7(8)12-9(15)13-11/h2-4H,11H2,1H3,(H2,12,13,15). The molecule has 0 bridgehead atoms. The summed E-state index contributed by atoms with van der Waals surface area (Å²) in [4.78, 5) is 0. The maximum absolute atomic E-state index is 8.69. The number of nitrogens with zero attached hydrogens (tertiary/aromatic N) is 1. The van der Waals surface area contributed by atoms with E-state index in [0.717, 1.165) is 0 Å². The van der Waals surface area contributed by atoms with Gasteiger partial charge in [0.25, 0.3) is 0 Å². The van der Waals surface area contributed by atoms with Crippen molar-refractivity contribution in [3.63, 3.8) is 0 Å². The molecular weight excluding hydrogens is 212 g/mol. The van der Waals surface area contributed by atoms with Gasteiger partial charge in [0.05, 0.1) is 24.4 Å². The minimum atomic E-state index is 0.276. The second-order valence-electron chi connectivity index (χ2n) is 2.63. The van der Waals surface area contributed by atoms with E-state index in [4.69, 9.17) is 28.1 Å². The third kappa shape index (κ3) is 2.80. The second-order valence-corrected chi connectivity index (χ2v) is 3.03. The maximum atomic E-state index is 8.69. The zero-order valence-electron chi connectivity index (χ0n) is 8.07. The van der Waals surface area contributed by atoms with Crippen LogP contribution in [0.2, 0.25) is 0 Å². The molecule has 78 valence electrons. The molecule has 0 aromatic heterocycles. The van der Waals surface area contributed by atoms with E-state index in [0.29, 0.717) is 17.0 Å². The van der Waals surface area contributed by atoms with Gasteiger partial charge >= 0.3 is 0 Å². The minimum Gasteiger partial charge on any atom is -0.495 e. The van der Waals surface area contributed by atoms with E-state index < -0.39 is 0 Å². The number of ether oxygens (including phenoxy) is 1. The topological polar surface area (TPSA) is 83.1 Å². The molecule has 0 heterocycles. The largest absolute Gasteiger partial charge is 0.495 e. The van der Waals surface area contributed by atoms with Gasteiger partial charge in [-0.25, -0.2) is 5.84 Å². The number of methoxy groups -OCH3 is 1. The SMILES string of the molecule is COc1cc(C#N)ccc1NC(=S)NN. The Morgan fingerprint density at radius 3 is 2.87 bits per heavy atom. The molecule has 0 amide bonds. The van der Waals surface area contributed by atoms with Gasteiger partial charge in [-0.2, -0.15) is 5.26 Å². The van der Waals surface area contributed by atoms with Crippen molar-refractivity contribution in [2.75, 3.05) is 12.4 Å². The molecule has 0 aliphatic rings. The summed E-state index contributed by atoms with van der Waals surface area (Å²) >= 11 is 4.84. The third-order valence-electron chi connectivity index (χ3n) is 1.71. The Hall–Kier alpha value is -1.84. The monoisotopic (exact) mass is 222 g/mol. The van der Waals surface area contributed by atoms with Crippen LogP contribution < -0.4 is 21.3 Å². The number of anilines is 1. The molecule has 5 nitrogen and oxygen atoms in total. The maximum Gasteiger partial charge on any atom is 0.185 e. The molecule has 0 aliphatic heterocycles. The van der Waals surface area contributed by atoms with E-state index in [1.165, 1.54) is 7.11 Å². The summed E-state index contributed by atoms with van der Waals surface area (Å²) in [6, 6.07) is 6.98. The Morgan fingerprint density at radius 1 is 1.60 bits per heavy atom. The van der Waals surface area contributed by atoms with Gasteiger partial charge in [0, 0.05) is 6.07 Å². The fraction of sp³-hybridized carbons (Fsp3) is 0.111.